The van der Waals surface area contributed by atoms with Crippen LogP contribution in [0.4, 0.5) is 15.8 Å². The van der Waals surface area contributed by atoms with Crippen LogP contribution < -0.4 is 14.5 Å². The summed E-state index contributed by atoms with van der Waals surface area (Å²) in [5.74, 6) is -0.787. The Morgan fingerprint density at radius 3 is 2.23 bits per heavy atom. The molecule has 0 atom stereocenters. The lowest BCUT2D eigenvalue weighted by Crippen LogP contribution is -2.32. The molecule has 0 aliphatic heterocycles. The van der Waals surface area contributed by atoms with Crippen molar-refractivity contribution in [1.82, 2.24) is 5.32 Å². The number of sulfonamides is 1. The predicted octanol–water partition coefficient (Wildman–Crippen LogP) is 3.53. The number of nitrogens with one attached hydrogen (secondary N) is 1. The molecule has 0 radical (unpaired) electrons. The number of anilines is 2. The molecular formula is C22H30FN3O3S. The molecule has 0 aromatic heterocycles. The number of nitrogens with zero attached hydrogens (tertiary/aromatic N) is 2. The van der Waals surface area contributed by atoms with Crippen LogP contribution in [-0.4, -0.2) is 40.2 Å². The molecule has 0 fully saturated rings. The Bertz CT molecular complexity index is 929. The van der Waals surface area contributed by atoms with E-state index in [2.05, 4.69) is 24.1 Å². The zero-order valence-corrected chi connectivity index (χ0v) is 18.6. The quantitative estimate of drug-likeness (QED) is 0.586. The van der Waals surface area contributed by atoms with E-state index >= 15 is 0 Å². The van der Waals surface area contributed by atoms with Crippen LogP contribution in [0.25, 0.3) is 0 Å². The molecule has 0 heterocycles. The summed E-state index contributed by atoms with van der Waals surface area (Å²) < 4.78 is 39.1. The number of rotatable bonds is 11. The van der Waals surface area contributed by atoms with Gasteiger partial charge in [-0.25, -0.2) is 12.8 Å². The first kappa shape index (κ1) is 23.7. The number of hydrogen-bond acceptors (Lipinski definition) is 4. The molecule has 30 heavy (non-hydrogen) atoms. The van der Waals surface area contributed by atoms with E-state index in [0.717, 1.165) is 34.9 Å². The highest BCUT2D eigenvalue weighted by Crippen LogP contribution is 2.22. The third-order valence-electron chi connectivity index (χ3n) is 4.84. The van der Waals surface area contributed by atoms with Gasteiger partial charge in [-0.1, -0.05) is 24.3 Å². The number of amides is 1. The Morgan fingerprint density at radius 1 is 1.03 bits per heavy atom. The van der Waals surface area contributed by atoms with Gasteiger partial charge < -0.3 is 10.2 Å². The molecule has 0 saturated heterocycles. The Kier molecular flexibility index (Phi) is 8.65. The molecule has 2 aromatic rings. The molecule has 6 nitrogen and oxygen atoms in total. The van der Waals surface area contributed by atoms with Crippen molar-refractivity contribution in [2.75, 3.05) is 35.1 Å². The number of benzene rings is 2. The topological polar surface area (TPSA) is 69.7 Å². The first-order valence-corrected chi connectivity index (χ1v) is 11.9. The lowest BCUT2D eigenvalue weighted by atomic mass is 10.2. The lowest BCUT2D eigenvalue weighted by Gasteiger charge is -2.22. The molecule has 0 saturated carbocycles. The van der Waals surface area contributed by atoms with Crippen LogP contribution in [0.1, 0.15) is 32.3 Å². The fourth-order valence-electron chi connectivity index (χ4n) is 3.20. The maximum absolute atomic E-state index is 14.0. The monoisotopic (exact) mass is 435 g/mol. The van der Waals surface area contributed by atoms with Crippen molar-refractivity contribution in [2.45, 2.75) is 33.2 Å². The lowest BCUT2D eigenvalue weighted by molar-refractivity contribution is -0.121. The molecule has 0 aliphatic rings. The molecular weight excluding hydrogens is 405 g/mol. The van der Waals surface area contributed by atoms with Crippen LogP contribution in [0.5, 0.6) is 0 Å². The van der Waals surface area contributed by atoms with Gasteiger partial charge in [0.05, 0.1) is 11.9 Å². The molecule has 164 valence electrons. The highest BCUT2D eigenvalue weighted by molar-refractivity contribution is 7.92. The van der Waals surface area contributed by atoms with E-state index in [9.17, 15) is 17.6 Å². The number of para-hydroxylation sites is 1. The molecule has 0 spiro atoms. The standard InChI is InChI=1S/C22H30FN3O3S/c1-4-25(5-2)19-14-12-18(13-15-19)17-24-22(27)11-8-16-26(30(3,28)29)21-10-7-6-9-20(21)23/h6-7,9-10,12-15H,4-5,8,11,16-17H2,1-3H3,(H,24,27). The summed E-state index contributed by atoms with van der Waals surface area (Å²) in [6.45, 7) is 6.52. The van der Waals surface area contributed by atoms with E-state index in [-0.39, 0.29) is 31.0 Å². The predicted molar refractivity (Wildman–Crippen MR) is 120 cm³/mol. The van der Waals surface area contributed by atoms with Crippen molar-refractivity contribution < 1.29 is 17.6 Å². The first-order chi connectivity index (χ1) is 14.3. The minimum atomic E-state index is -3.65. The van der Waals surface area contributed by atoms with Gasteiger partial charge >= 0.3 is 0 Å². The molecule has 0 unspecified atom stereocenters. The molecule has 0 aliphatic carbocycles. The van der Waals surface area contributed by atoms with Crippen LogP contribution >= 0.6 is 0 Å². The van der Waals surface area contributed by atoms with E-state index in [1.54, 1.807) is 6.07 Å². The summed E-state index contributed by atoms with van der Waals surface area (Å²) >= 11 is 0. The molecule has 0 bridgehead atoms. The zero-order valence-electron chi connectivity index (χ0n) is 17.8. The van der Waals surface area contributed by atoms with Crippen molar-refractivity contribution in [3.8, 4) is 0 Å². The van der Waals surface area contributed by atoms with Crippen LogP contribution in [0.15, 0.2) is 48.5 Å². The van der Waals surface area contributed by atoms with Crippen molar-refractivity contribution in [3.05, 3.63) is 59.9 Å². The summed E-state index contributed by atoms with van der Waals surface area (Å²) in [4.78, 5) is 14.4. The van der Waals surface area contributed by atoms with E-state index in [1.165, 1.54) is 18.2 Å². The number of carbonyl (C=O) groups is 1. The van der Waals surface area contributed by atoms with Crippen molar-refractivity contribution >= 4 is 27.3 Å². The third kappa shape index (κ3) is 6.73. The highest BCUT2D eigenvalue weighted by Gasteiger charge is 2.20. The molecule has 2 rings (SSSR count). The SMILES string of the molecule is CCN(CC)c1ccc(CNC(=O)CCCN(c2ccccc2F)S(C)(=O)=O)cc1. The van der Waals surface area contributed by atoms with Gasteiger partial charge in [-0.15, -0.1) is 0 Å². The molecule has 2 aromatic carbocycles. The van der Waals surface area contributed by atoms with Gasteiger partial charge in [-0.3, -0.25) is 9.10 Å². The minimum Gasteiger partial charge on any atom is -0.372 e. The van der Waals surface area contributed by atoms with Crippen LogP contribution in [-0.2, 0) is 21.4 Å². The number of halogens is 1. The maximum atomic E-state index is 14.0. The van der Waals surface area contributed by atoms with Crippen molar-refractivity contribution in [1.29, 1.82) is 0 Å². The minimum absolute atomic E-state index is 0.00583. The van der Waals surface area contributed by atoms with Crippen LogP contribution in [0.3, 0.4) is 0 Å². The second-order valence-electron chi connectivity index (χ2n) is 7.01. The number of hydrogen-bond donors (Lipinski definition) is 1. The normalized spacial score (nSPS) is 11.2. The summed E-state index contributed by atoms with van der Waals surface area (Å²) in [5, 5.41) is 2.84. The van der Waals surface area contributed by atoms with Gasteiger partial charge in [-0.05, 0) is 50.1 Å². The highest BCUT2D eigenvalue weighted by atomic mass is 32.2. The average molecular weight is 436 g/mol. The van der Waals surface area contributed by atoms with Gasteiger partial charge in [0.1, 0.15) is 5.82 Å². The Hall–Kier alpha value is -2.61. The fraction of sp³-hybridized carbons (Fsp3) is 0.409. The Balaban J connectivity index is 1.86. The smallest absolute Gasteiger partial charge is 0.232 e. The first-order valence-electron chi connectivity index (χ1n) is 10.1. The average Bonchev–Trinajstić information content (AvgIpc) is 2.71. The number of carbonyl (C=O) groups excluding carboxylic acids is 1. The van der Waals surface area contributed by atoms with Gasteiger partial charge in [0, 0.05) is 38.3 Å². The Morgan fingerprint density at radius 2 is 1.67 bits per heavy atom. The largest absolute Gasteiger partial charge is 0.372 e. The van der Waals surface area contributed by atoms with E-state index in [1.807, 2.05) is 24.3 Å². The van der Waals surface area contributed by atoms with Gasteiger partial charge in [-0.2, -0.15) is 0 Å². The van der Waals surface area contributed by atoms with E-state index < -0.39 is 15.8 Å². The van der Waals surface area contributed by atoms with Crippen LogP contribution in [0, 0.1) is 5.82 Å². The molecule has 1 N–H and O–H groups in total. The van der Waals surface area contributed by atoms with Gasteiger partial charge in [0.2, 0.25) is 15.9 Å². The summed E-state index contributed by atoms with van der Waals surface area (Å²) in [5.41, 5.74) is 2.13. The zero-order chi connectivity index (χ0) is 22.1. The summed E-state index contributed by atoms with van der Waals surface area (Å²) in [7, 11) is -3.65. The van der Waals surface area contributed by atoms with Crippen molar-refractivity contribution in [3.63, 3.8) is 0 Å². The van der Waals surface area contributed by atoms with Gasteiger partial charge in [0.25, 0.3) is 0 Å². The maximum Gasteiger partial charge on any atom is 0.232 e. The van der Waals surface area contributed by atoms with Crippen LogP contribution in [0.2, 0.25) is 0 Å². The summed E-state index contributed by atoms with van der Waals surface area (Å²) in [6.07, 6.45) is 1.47. The van der Waals surface area contributed by atoms with E-state index in [0.29, 0.717) is 6.54 Å². The van der Waals surface area contributed by atoms with Gasteiger partial charge in [0.15, 0.2) is 0 Å². The second kappa shape index (κ2) is 11.0. The van der Waals surface area contributed by atoms with Crippen molar-refractivity contribution in [2.24, 2.45) is 0 Å². The summed E-state index contributed by atoms with van der Waals surface area (Å²) in [6, 6.07) is 13.7. The Labute approximate surface area is 178 Å². The molecule has 8 heteroatoms. The second-order valence-corrected chi connectivity index (χ2v) is 8.91. The molecule has 1 amide bonds. The van der Waals surface area contributed by atoms with E-state index in [4.69, 9.17) is 0 Å². The fourth-order valence-corrected chi connectivity index (χ4v) is 4.17. The third-order valence-corrected chi connectivity index (χ3v) is 6.02.